The minimum absolute atomic E-state index is 0.146. The van der Waals surface area contributed by atoms with Crippen molar-refractivity contribution in [3.63, 3.8) is 0 Å². The van der Waals surface area contributed by atoms with Crippen molar-refractivity contribution >= 4 is 27.1 Å². The Labute approximate surface area is 102 Å². The molecule has 0 heterocycles. The predicted molar refractivity (Wildman–Crippen MR) is 67.4 cm³/mol. The molecular weight excluding hydrogens is 246 g/mol. The van der Waals surface area contributed by atoms with Crippen LogP contribution < -0.4 is 5.73 Å². The number of nitrogen functional groups attached to an aromatic ring is 1. The fourth-order valence-corrected chi connectivity index (χ4v) is 3.13. The van der Waals surface area contributed by atoms with Crippen LogP contribution in [0.25, 0.3) is 0 Å². The Kier molecular flexibility index (Phi) is 4.62. The van der Waals surface area contributed by atoms with E-state index in [1.807, 2.05) is 6.92 Å². The van der Waals surface area contributed by atoms with Gasteiger partial charge in [0.2, 0.25) is 0 Å². The molecule has 0 atom stereocenters. The molecule has 0 unspecified atom stereocenters. The van der Waals surface area contributed by atoms with Crippen molar-refractivity contribution in [2.75, 3.05) is 11.5 Å². The Balaban J connectivity index is 2.90. The van der Waals surface area contributed by atoms with Crippen LogP contribution in [0.3, 0.4) is 0 Å². The van der Waals surface area contributed by atoms with Gasteiger partial charge in [-0.05, 0) is 24.6 Å². The van der Waals surface area contributed by atoms with Crippen molar-refractivity contribution in [1.82, 2.24) is 0 Å². The molecule has 0 aliphatic carbocycles. The third kappa shape index (κ3) is 3.39. The molecule has 3 nitrogen and oxygen atoms in total. The summed E-state index contributed by atoms with van der Waals surface area (Å²) < 4.78 is 23.8. The number of anilines is 1. The van der Waals surface area contributed by atoms with E-state index in [4.69, 9.17) is 17.3 Å². The van der Waals surface area contributed by atoms with Gasteiger partial charge in [-0.1, -0.05) is 31.4 Å². The van der Waals surface area contributed by atoms with Gasteiger partial charge in [-0.2, -0.15) is 0 Å². The highest BCUT2D eigenvalue weighted by atomic mass is 35.5. The molecule has 16 heavy (non-hydrogen) atoms. The van der Waals surface area contributed by atoms with E-state index in [0.29, 0.717) is 11.4 Å². The van der Waals surface area contributed by atoms with Gasteiger partial charge in [0.15, 0.2) is 9.84 Å². The van der Waals surface area contributed by atoms with Gasteiger partial charge in [0.05, 0.1) is 16.3 Å². The Hall–Kier alpha value is -0.740. The van der Waals surface area contributed by atoms with Crippen molar-refractivity contribution < 1.29 is 8.42 Å². The first kappa shape index (κ1) is 13.3. The molecule has 0 spiro atoms. The van der Waals surface area contributed by atoms with Gasteiger partial charge in [-0.3, -0.25) is 0 Å². The van der Waals surface area contributed by atoms with Crippen LogP contribution >= 0.6 is 11.6 Å². The standard InChI is InChI=1S/C11H16ClNO2S/c1-2-3-4-7-16(14,15)11-6-5-9(12)8-10(11)13/h5-6,8H,2-4,7,13H2,1H3. The molecule has 5 heteroatoms. The second kappa shape index (κ2) is 5.55. The zero-order chi connectivity index (χ0) is 12.2. The van der Waals surface area contributed by atoms with Crippen molar-refractivity contribution in [3.05, 3.63) is 23.2 Å². The van der Waals surface area contributed by atoms with Crippen LogP contribution in [0.2, 0.25) is 5.02 Å². The molecule has 0 saturated heterocycles. The SMILES string of the molecule is CCCCCS(=O)(=O)c1ccc(Cl)cc1N. The lowest BCUT2D eigenvalue weighted by molar-refractivity contribution is 0.591. The van der Waals surface area contributed by atoms with Crippen molar-refractivity contribution in [1.29, 1.82) is 0 Å². The molecule has 1 aromatic carbocycles. The minimum Gasteiger partial charge on any atom is -0.398 e. The first-order valence-electron chi connectivity index (χ1n) is 5.25. The molecular formula is C11H16ClNO2S. The van der Waals surface area contributed by atoms with E-state index in [2.05, 4.69) is 0 Å². The predicted octanol–water partition coefficient (Wildman–Crippen LogP) is 2.89. The fraction of sp³-hybridized carbons (Fsp3) is 0.455. The summed E-state index contributed by atoms with van der Waals surface area (Å²) in [5.41, 5.74) is 5.87. The smallest absolute Gasteiger partial charge is 0.180 e. The summed E-state index contributed by atoms with van der Waals surface area (Å²) in [6.45, 7) is 2.03. The number of benzene rings is 1. The molecule has 1 rings (SSSR count). The number of sulfone groups is 1. The second-order valence-corrected chi connectivity index (χ2v) is 6.22. The third-order valence-corrected chi connectivity index (χ3v) is 4.43. The van der Waals surface area contributed by atoms with E-state index in [1.54, 1.807) is 6.07 Å². The highest BCUT2D eigenvalue weighted by molar-refractivity contribution is 7.91. The van der Waals surface area contributed by atoms with E-state index >= 15 is 0 Å². The highest BCUT2D eigenvalue weighted by Gasteiger charge is 2.16. The van der Waals surface area contributed by atoms with E-state index in [0.717, 1.165) is 12.8 Å². The van der Waals surface area contributed by atoms with Crippen LogP contribution in [0.15, 0.2) is 23.1 Å². The van der Waals surface area contributed by atoms with Crippen LogP contribution in [-0.4, -0.2) is 14.2 Å². The molecule has 2 N–H and O–H groups in total. The summed E-state index contributed by atoms with van der Waals surface area (Å²) in [4.78, 5) is 0.188. The number of hydrogen-bond acceptors (Lipinski definition) is 3. The molecule has 0 radical (unpaired) electrons. The lowest BCUT2D eigenvalue weighted by Gasteiger charge is -2.07. The van der Waals surface area contributed by atoms with E-state index in [1.165, 1.54) is 12.1 Å². The quantitative estimate of drug-likeness (QED) is 0.655. The van der Waals surface area contributed by atoms with Crippen LogP contribution in [0.5, 0.6) is 0 Å². The molecule has 1 aromatic rings. The number of nitrogens with two attached hydrogens (primary N) is 1. The number of unbranched alkanes of at least 4 members (excludes halogenated alkanes) is 2. The fourth-order valence-electron chi connectivity index (χ4n) is 1.45. The Bertz CT molecular complexity index is 457. The van der Waals surface area contributed by atoms with Gasteiger partial charge in [-0.15, -0.1) is 0 Å². The summed E-state index contributed by atoms with van der Waals surface area (Å²) in [5, 5.41) is 0.449. The summed E-state index contributed by atoms with van der Waals surface area (Å²) in [7, 11) is -3.26. The number of halogens is 1. The average Bonchev–Trinajstić information content (AvgIpc) is 2.17. The molecule has 0 aliphatic rings. The molecule has 0 aromatic heterocycles. The maximum Gasteiger partial charge on any atom is 0.180 e. The summed E-state index contributed by atoms with van der Waals surface area (Å²) >= 11 is 5.72. The van der Waals surface area contributed by atoms with E-state index in [9.17, 15) is 8.42 Å². The molecule has 0 amide bonds. The number of hydrogen-bond donors (Lipinski definition) is 1. The molecule has 0 fully saturated rings. The van der Waals surface area contributed by atoms with Crippen LogP contribution in [0.1, 0.15) is 26.2 Å². The second-order valence-electron chi connectivity index (χ2n) is 3.71. The topological polar surface area (TPSA) is 60.2 Å². The summed E-state index contributed by atoms with van der Waals surface area (Å²) in [6.07, 6.45) is 2.57. The van der Waals surface area contributed by atoms with Gasteiger partial charge in [0, 0.05) is 5.02 Å². The van der Waals surface area contributed by atoms with E-state index in [-0.39, 0.29) is 16.3 Å². The molecule has 0 aliphatic heterocycles. The van der Waals surface area contributed by atoms with Crippen LogP contribution in [0.4, 0.5) is 5.69 Å². The molecule has 0 saturated carbocycles. The summed E-state index contributed by atoms with van der Waals surface area (Å²) in [5.74, 6) is 0.146. The van der Waals surface area contributed by atoms with Crippen molar-refractivity contribution in [2.45, 2.75) is 31.1 Å². The van der Waals surface area contributed by atoms with Crippen LogP contribution in [0, 0.1) is 0 Å². The normalized spacial score (nSPS) is 11.6. The minimum atomic E-state index is -3.26. The van der Waals surface area contributed by atoms with Gasteiger partial charge in [0.1, 0.15) is 0 Å². The van der Waals surface area contributed by atoms with Crippen molar-refractivity contribution in [2.24, 2.45) is 0 Å². The van der Waals surface area contributed by atoms with Crippen LogP contribution in [-0.2, 0) is 9.84 Å². The zero-order valence-electron chi connectivity index (χ0n) is 9.24. The first-order valence-corrected chi connectivity index (χ1v) is 7.28. The highest BCUT2D eigenvalue weighted by Crippen LogP contribution is 2.24. The first-order chi connectivity index (χ1) is 7.47. The van der Waals surface area contributed by atoms with Gasteiger partial charge in [0.25, 0.3) is 0 Å². The largest absolute Gasteiger partial charge is 0.398 e. The Morgan fingerprint density at radius 1 is 1.31 bits per heavy atom. The monoisotopic (exact) mass is 261 g/mol. The summed E-state index contributed by atoms with van der Waals surface area (Å²) in [6, 6.07) is 4.48. The van der Waals surface area contributed by atoms with Gasteiger partial charge in [-0.25, -0.2) is 8.42 Å². The zero-order valence-corrected chi connectivity index (χ0v) is 10.8. The Morgan fingerprint density at radius 2 is 2.00 bits per heavy atom. The maximum absolute atomic E-state index is 11.9. The third-order valence-electron chi connectivity index (χ3n) is 2.32. The number of rotatable bonds is 5. The average molecular weight is 262 g/mol. The van der Waals surface area contributed by atoms with E-state index < -0.39 is 9.84 Å². The van der Waals surface area contributed by atoms with Crippen molar-refractivity contribution in [3.8, 4) is 0 Å². The molecule has 0 bridgehead atoms. The maximum atomic E-state index is 11.9. The molecule has 90 valence electrons. The lowest BCUT2D eigenvalue weighted by Crippen LogP contribution is -2.09. The lowest BCUT2D eigenvalue weighted by atomic mass is 10.3. The van der Waals surface area contributed by atoms with Gasteiger partial charge >= 0.3 is 0 Å². The Morgan fingerprint density at radius 3 is 2.56 bits per heavy atom. The van der Waals surface area contributed by atoms with Gasteiger partial charge < -0.3 is 5.73 Å².